The average Bonchev–Trinajstić information content (AvgIpc) is 3.24. The lowest BCUT2D eigenvalue weighted by molar-refractivity contribution is 0.477. The number of anilines is 1. The molecule has 3 N–H and O–H groups in total. The third-order valence-corrected chi connectivity index (χ3v) is 4.97. The Morgan fingerprint density at radius 1 is 1.07 bits per heavy atom. The van der Waals surface area contributed by atoms with E-state index < -0.39 is 0 Å². The minimum atomic E-state index is 0.123. The Morgan fingerprint density at radius 2 is 1.89 bits per heavy atom. The highest BCUT2D eigenvalue weighted by atomic mass is 16.3. The number of phenols is 1. The monoisotopic (exact) mass is 361 g/mol. The number of phenolic OH excluding ortho intramolecular Hbond substituents is 1. The van der Waals surface area contributed by atoms with Gasteiger partial charge in [0.15, 0.2) is 11.5 Å². The SMILES string of the molecule is Cc1nc2cc(O)c(-c3ccc4nc(N5CC[C@H](N)C5)ccc4n3)cc2o1. The Balaban J connectivity index is 1.55. The quantitative estimate of drug-likeness (QED) is 0.566. The fraction of sp³-hybridized carbons (Fsp3) is 0.250. The zero-order chi connectivity index (χ0) is 18.5. The van der Waals surface area contributed by atoms with Crippen LogP contribution in [0.1, 0.15) is 12.3 Å². The Kier molecular flexibility index (Phi) is 3.51. The van der Waals surface area contributed by atoms with Crippen LogP contribution in [0.3, 0.4) is 0 Å². The zero-order valence-corrected chi connectivity index (χ0v) is 14.9. The fourth-order valence-electron chi connectivity index (χ4n) is 3.60. The molecule has 1 atom stereocenters. The Hall–Kier alpha value is -3.19. The summed E-state index contributed by atoms with van der Waals surface area (Å²) in [5.41, 5.74) is 10.1. The highest BCUT2D eigenvalue weighted by Gasteiger charge is 2.20. The van der Waals surface area contributed by atoms with Gasteiger partial charge in [0.05, 0.1) is 16.7 Å². The summed E-state index contributed by atoms with van der Waals surface area (Å²) in [6, 6.07) is 11.3. The summed E-state index contributed by atoms with van der Waals surface area (Å²) in [5.74, 6) is 1.61. The van der Waals surface area contributed by atoms with Crippen molar-refractivity contribution in [3.63, 3.8) is 0 Å². The molecule has 4 heterocycles. The van der Waals surface area contributed by atoms with Gasteiger partial charge in [-0.15, -0.1) is 0 Å². The lowest BCUT2D eigenvalue weighted by Crippen LogP contribution is -2.26. The number of pyridine rings is 2. The fourth-order valence-corrected chi connectivity index (χ4v) is 3.60. The first-order chi connectivity index (χ1) is 13.1. The number of aryl methyl sites for hydroxylation is 1. The molecule has 27 heavy (non-hydrogen) atoms. The van der Waals surface area contributed by atoms with Crippen molar-refractivity contribution in [2.45, 2.75) is 19.4 Å². The van der Waals surface area contributed by atoms with E-state index in [9.17, 15) is 5.11 Å². The predicted molar refractivity (Wildman–Crippen MR) is 104 cm³/mol. The van der Waals surface area contributed by atoms with Crippen molar-refractivity contribution < 1.29 is 9.52 Å². The molecule has 7 heteroatoms. The number of fused-ring (bicyclic) bond motifs is 2. The van der Waals surface area contributed by atoms with Gasteiger partial charge in [-0.2, -0.15) is 0 Å². The van der Waals surface area contributed by atoms with E-state index in [4.69, 9.17) is 15.1 Å². The molecule has 7 nitrogen and oxygen atoms in total. The van der Waals surface area contributed by atoms with Crippen molar-refractivity contribution in [2.75, 3.05) is 18.0 Å². The second kappa shape index (κ2) is 5.92. The van der Waals surface area contributed by atoms with E-state index in [1.807, 2.05) is 24.3 Å². The highest BCUT2D eigenvalue weighted by molar-refractivity contribution is 5.86. The Labute approximate surface area is 155 Å². The number of benzene rings is 1. The minimum absolute atomic E-state index is 0.123. The number of rotatable bonds is 2. The molecule has 1 aliphatic rings. The van der Waals surface area contributed by atoms with E-state index >= 15 is 0 Å². The Bertz CT molecular complexity index is 1170. The van der Waals surface area contributed by atoms with E-state index in [0.717, 1.165) is 36.4 Å². The molecule has 1 fully saturated rings. The van der Waals surface area contributed by atoms with Crippen LogP contribution < -0.4 is 10.6 Å². The standard InChI is InChI=1S/C20H19N5O2/c1-11-22-17-9-18(26)13(8-19(17)27-11)14-2-3-16-15(23-14)4-5-20(24-16)25-7-6-12(21)10-25/h2-5,8-9,12,26H,6-7,10,21H2,1H3/t12-/m0/s1. The molecule has 4 aromatic rings. The third kappa shape index (κ3) is 2.76. The van der Waals surface area contributed by atoms with E-state index in [1.54, 1.807) is 19.1 Å². The van der Waals surface area contributed by atoms with E-state index in [2.05, 4.69) is 14.9 Å². The Morgan fingerprint density at radius 3 is 2.70 bits per heavy atom. The number of hydrogen-bond donors (Lipinski definition) is 2. The number of hydrogen-bond acceptors (Lipinski definition) is 7. The van der Waals surface area contributed by atoms with Crippen molar-refractivity contribution in [1.82, 2.24) is 15.0 Å². The second-order valence-electron chi connectivity index (χ2n) is 6.97. The van der Waals surface area contributed by atoms with Gasteiger partial charge in [-0.05, 0) is 36.8 Å². The van der Waals surface area contributed by atoms with Crippen molar-refractivity contribution in [3.8, 4) is 17.0 Å². The molecule has 0 aliphatic carbocycles. The zero-order valence-electron chi connectivity index (χ0n) is 14.9. The van der Waals surface area contributed by atoms with Crippen LogP contribution in [0.25, 0.3) is 33.4 Å². The molecule has 136 valence electrons. The molecule has 0 unspecified atom stereocenters. The number of nitrogens with two attached hydrogens (primary N) is 1. The van der Waals surface area contributed by atoms with Crippen molar-refractivity contribution in [1.29, 1.82) is 0 Å². The maximum absolute atomic E-state index is 10.4. The molecule has 0 spiro atoms. The van der Waals surface area contributed by atoms with Crippen molar-refractivity contribution in [3.05, 3.63) is 42.3 Å². The molecule has 1 saturated heterocycles. The molecule has 0 bridgehead atoms. The van der Waals surface area contributed by atoms with Gasteiger partial charge in [-0.3, -0.25) is 0 Å². The number of aromatic hydroxyl groups is 1. The van der Waals surface area contributed by atoms with Crippen LogP contribution in [0.5, 0.6) is 5.75 Å². The van der Waals surface area contributed by atoms with Crippen LogP contribution in [0.4, 0.5) is 5.82 Å². The maximum Gasteiger partial charge on any atom is 0.192 e. The van der Waals surface area contributed by atoms with Crippen LogP contribution in [0, 0.1) is 6.92 Å². The average molecular weight is 361 g/mol. The van der Waals surface area contributed by atoms with E-state index in [-0.39, 0.29) is 11.8 Å². The molecule has 1 aliphatic heterocycles. The molecular weight excluding hydrogens is 342 g/mol. The summed E-state index contributed by atoms with van der Waals surface area (Å²) in [7, 11) is 0. The van der Waals surface area contributed by atoms with Gasteiger partial charge in [0.25, 0.3) is 0 Å². The van der Waals surface area contributed by atoms with Gasteiger partial charge >= 0.3 is 0 Å². The highest BCUT2D eigenvalue weighted by Crippen LogP contribution is 2.33. The molecule has 3 aromatic heterocycles. The number of nitrogens with zero attached hydrogens (tertiary/aromatic N) is 4. The van der Waals surface area contributed by atoms with Gasteiger partial charge in [0.1, 0.15) is 17.1 Å². The van der Waals surface area contributed by atoms with Gasteiger partial charge in [-0.25, -0.2) is 15.0 Å². The minimum Gasteiger partial charge on any atom is -0.507 e. The smallest absolute Gasteiger partial charge is 0.192 e. The summed E-state index contributed by atoms with van der Waals surface area (Å²) in [6.45, 7) is 3.53. The molecule has 5 rings (SSSR count). The summed E-state index contributed by atoms with van der Waals surface area (Å²) >= 11 is 0. The molecule has 1 aromatic carbocycles. The first-order valence-corrected chi connectivity index (χ1v) is 8.96. The lowest BCUT2D eigenvalue weighted by Gasteiger charge is -2.17. The number of oxazole rings is 1. The number of aromatic nitrogens is 3. The predicted octanol–water partition coefficient (Wildman–Crippen LogP) is 2.99. The third-order valence-electron chi connectivity index (χ3n) is 4.97. The van der Waals surface area contributed by atoms with Crippen LogP contribution in [0.2, 0.25) is 0 Å². The largest absolute Gasteiger partial charge is 0.507 e. The van der Waals surface area contributed by atoms with Crippen LogP contribution in [-0.2, 0) is 0 Å². The molecule has 0 amide bonds. The first kappa shape index (κ1) is 16.0. The summed E-state index contributed by atoms with van der Waals surface area (Å²) in [5, 5.41) is 10.4. The van der Waals surface area contributed by atoms with Gasteiger partial charge in [-0.1, -0.05) is 0 Å². The van der Waals surface area contributed by atoms with Gasteiger partial charge in [0.2, 0.25) is 0 Å². The van der Waals surface area contributed by atoms with Crippen molar-refractivity contribution >= 4 is 28.0 Å². The molecular formula is C20H19N5O2. The van der Waals surface area contributed by atoms with Crippen LogP contribution in [-0.4, -0.2) is 39.2 Å². The normalized spacial score (nSPS) is 17.3. The van der Waals surface area contributed by atoms with E-state index in [0.29, 0.717) is 28.2 Å². The summed E-state index contributed by atoms with van der Waals surface area (Å²) < 4.78 is 5.58. The maximum atomic E-state index is 10.4. The van der Waals surface area contributed by atoms with Gasteiger partial charge < -0.3 is 20.2 Å². The topological polar surface area (TPSA) is 101 Å². The van der Waals surface area contributed by atoms with E-state index in [1.165, 1.54) is 0 Å². The van der Waals surface area contributed by atoms with Gasteiger partial charge in [0, 0.05) is 37.7 Å². The summed E-state index contributed by atoms with van der Waals surface area (Å²) in [6.07, 6.45) is 0.986. The molecule has 0 radical (unpaired) electrons. The van der Waals surface area contributed by atoms with Crippen LogP contribution in [0.15, 0.2) is 40.8 Å². The molecule has 0 saturated carbocycles. The lowest BCUT2D eigenvalue weighted by atomic mass is 10.1. The second-order valence-corrected chi connectivity index (χ2v) is 6.97. The summed E-state index contributed by atoms with van der Waals surface area (Å²) in [4.78, 5) is 15.8. The van der Waals surface area contributed by atoms with Crippen LogP contribution >= 0.6 is 0 Å². The van der Waals surface area contributed by atoms with Crippen molar-refractivity contribution in [2.24, 2.45) is 5.73 Å². The first-order valence-electron chi connectivity index (χ1n) is 8.96.